The summed E-state index contributed by atoms with van der Waals surface area (Å²) in [6, 6.07) is 9.45. The van der Waals surface area contributed by atoms with E-state index in [9.17, 15) is 4.79 Å². The van der Waals surface area contributed by atoms with Gasteiger partial charge in [0.1, 0.15) is 11.4 Å². The zero-order valence-corrected chi connectivity index (χ0v) is 13.0. The highest BCUT2D eigenvalue weighted by molar-refractivity contribution is 6.15. The molecule has 8 nitrogen and oxygen atoms in total. The van der Waals surface area contributed by atoms with Gasteiger partial charge in [-0.15, -0.1) is 0 Å². The Hall–Kier alpha value is -3.42. The minimum atomic E-state index is -0.607. The fourth-order valence-corrected chi connectivity index (χ4v) is 2.25. The average molecular weight is 324 g/mol. The SMILES string of the molecule is CCOC(=O)/C(=C\N)c1nc(N)c2cnn(-c3ccccc3)c2n1. The number of nitrogens with zero attached hydrogens (tertiary/aromatic N) is 4. The van der Waals surface area contributed by atoms with E-state index in [1.54, 1.807) is 17.8 Å². The van der Waals surface area contributed by atoms with Crippen LogP contribution in [0.2, 0.25) is 0 Å². The van der Waals surface area contributed by atoms with Crippen LogP contribution in [-0.4, -0.2) is 32.3 Å². The Morgan fingerprint density at radius 3 is 2.71 bits per heavy atom. The van der Waals surface area contributed by atoms with Crippen molar-refractivity contribution < 1.29 is 9.53 Å². The van der Waals surface area contributed by atoms with Gasteiger partial charge in [-0.3, -0.25) is 0 Å². The third-order valence-corrected chi connectivity index (χ3v) is 3.36. The fourth-order valence-electron chi connectivity index (χ4n) is 2.25. The number of rotatable bonds is 4. The van der Waals surface area contributed by atoms with Gasteiger partial charge in [0.15, 0.2) is 11.5 Å². The minimum absolute atomic E-state index is 0.0475. The second-order valence-corrected chi connectivity index (χ2v) is 4.86. The Morgan fingerprint density at radius 1 is 1.29 bits per heavy atom. The van der Waals surface area contributed by atoms with Crippen LogP contribution in [0, 0.1) is 0 Å². The summed E-state index contributed by atoms with van der Waals surface area (Å²) in [6.45, 7) is 1.92. The number of ether oxygens (including phenoxy) is 1. The highest BCUT2D eigenvalue weighted by Gasteiger charge is 2.19. The van der Waals surface area contributed by atoms with E-state index in [2.05, 4.69) is 15.1 Å². The fraction of sp³-hybridized carbons (Fsp3) is 0.125. The van der Waals surface area contributed by atoms with Crippen molar-refractivity contribution >= 4 is 28.4 Å². The van der Waals surface area contributed by atoms with Gasteiger partial charge in [-0.25, -0.2) is 19.4 Å². The van der Waals surface area contributed by atoms with Gasteiger partial charge in [0.25, 0.3) is 0 Å². The van der Waals surface area contributed by atoms with Crippen molar-refractivity contribution in [3.05, 3.63) is 48.6 Å². The smallest absolute Gasteiger partial charge is 0.343 e. The summed E-state index contributed by atoms with van der Waals surface area (Å²) in [5, 5.41) is 4.89. The van der Waals surface area contributed by atoms with Crippen LogP contribution >= 0.6 is 0 Å². The zero-order chi connectivity index (χ0) is 17.1. The van der Waals surface area contributed by atoms with Crippen molar-refractivity contribution in [1.29, 1.82) is 0 Å². The highest BCUT2D eigenvalue weighted by Crippen LogP contribution is 2.23. The van der Waals surface area contributed by atoms with E-state index in [-0.39, 0.29) is 23.8 Å². The maximum atomic E-state index is 12.0. The molecule has 0 spiro atoms. The molecule has 0 radical (unpaired) electrons. The van der Waals surface area contributed by atoms with Crippen LogP contribution < -0.4 is 11.5 Å². The van der Waals surface area contributed by atoms with E-state index in [0.29, 0.717) is 11.0 Å². The second-order valence-electron chi connectivity index (χ2n) is 4.86. The van der Waals surface area contributed by atoms with E-state index in [1.807, 2.05) is 30.3 Å². The molecule has 4 N–H and O–H groups in total. The predicted molar refractivity (Wildman–Crippen MR) is 89.9 cm³/mol. The van der Waals surface area contributed by atoms with E-state index >= 15 is 0 Å². The van der Waals surface area contributed by atoms with E-state index in [4.69, 9.17) is 16.2 Å². The summed E-state index contributed by atoms with van der Waals surface area (Å²) in [5.41, 5.74) is 12.9. The number of hydrogen-bond donors (Lipinski definition) is 2. The normalized spacial score (nSPS) is 11.6. The van der Waals surface area contributed by atoms with Crippen LogP contribution in [0.4, 0.5) is 5.82 Å². The van der Waals surface area contributed by atoms with Crippen molar-refractivity contribution in [1.82, 2.24) is 19.7 Å². The number of anilines is 1. The number of nitrogen functional groups attached to an aromatic ring is 1. The van der Waals surface area contributed by atoms with Gasteiger partial charge in [-0.05, 0) is 19.1 Å². The molecule has 2 aromatic heterocycles. The summed E-state index contributed by atoms with van der Waals surface area (Å²) in [7, 11) is 0. The number of aromatic nitrogens is 4. The molecule has 8 heteroatoms. The molecule has 3 aromatic rings. The number of hydrogen-bond acceptors (Lipinski definition) is 7. The lowest BCUT2D eigenvalue weighted by atomic mass is 10.2. The Morgan fingerprint density at radius 2 is 2.04 bits per heavy atom. The van der Waals surface area contributed by atoms with Gasteiger partial charge < -0.3 is 16.2 Å². The molecule has 0 atom stereocenters. The largest absolute Gasteiger partial charge is 0.462 e. The molecule has 0 aliphatic carbocycles. The molecule has 2 heterocycles. The van der Waals surface area contributed by atoms with Crippen LogP contribution in [0.3, 0.4) is 0 Å². The molecule has 0 bridgehead atoms. The van der Waals surface area contributed by atoms with Crippen molar-refractivity contribution in [2.45, 2.75) is 6.92 Å². The topological polar surface area (TPSA) is 122 Å². The lowest BCUT2D eigenvalue weighted by Crippen LogP contribution is -2.12. The summed E-state index contributed by atoms with van der Waals surface area (Å²) in [6.07, 6.45) is 2.69. The number of para-hydroxylation sites is 1. The monoisotopic (exact) mass is 324 g/mol. The molecule has 3 rings (SSSR count). The van der Waals surface area contributed by atoms with Crippen molar-refractivity contribution in [2.24, 2.45) is 5.73 Å². The first-order valence-corrected chi connectivity index (χ1v) is 7.31. The molecule has 0 unspecified atom stereocenters. The first-order valence-electron chi connectivity index (χ1n) is 7.31. The van der Waals surface area contributed by atoms with E-state index < -0.39 is 5.97 Å². The number of benzene rings is 1. The molecule has 0 aliphatic heterocycles. The first-order chi connectivity index (χ1) is 11.7. The zero-order valence-electron chi connectivity index (χ0n) is 13.0. The minimum Gasteiger partial charge on any atom is -0.462 e. The Labute approximate surface area is 137 Å². The molecule has 0 fully saturated rings. The van der Waals surface area contributed by atoms with Crippen LogP contribution in [0.1, 0.15) is 12.7 Å². The first kappa shape index (κ1) is 15.5. The maximum absolute atomic E-state index is 12.0. The van der Waals surface area contributed by atoms with Crippen molar-refractivity contribution in [3.63, 3.8) is 0 Å². The number of nitrogens with two attached hydrogens (primary N) is 2. The number of carbonyl (C=O) groups excluding carboxylic acids is 1. The molecule has 122 valence electrons. The van der Waals surface area contributed by atoms with Gasteiger partial charge in [0.05, 0.1) is 23.9 Å². The number of carbonyl (C=O) groups is 1. The average Bonchev–Trinajstić information content (AvgIpc) is 3.01. The standard InChI is InChI=1S/C16H16N6O2/c1-2-24-16(23)11(8-17)14-20-13(18)12-9-19-22(15(12)21-14)10-6-4-3-5-7-10/h3-9H,2,17H2,1H3,(H2,18,20,21)/b11-8-. The Kier molecular flexibility index (Phi) is 4.11. The van der Waals surface area contributed by atoms with Gasteiger partial charge in [0, 0.05) is 6.20 Å². The summed E-state index contributed by atoms with van der Waals surface area (Å²) in [5.74, 6) is -0.302. The molecule has 0 amide bonds. The molecular formula is C16H16N6O2. The molecular weight excluding hydrogens is 308 g/mol. The summed E-state index contributed by atoms with van der Waals surface area (Å²) in [4.78, 5) is 20.6. The highest BCUT2D eigenvalue weighted by atomic mass is 16.5. The molecule has 0 saturated carbocycles. The molecule has 1 aromatic carbocycles. The predicted octanol–water partition coefficient (Wildman–Crippen LogP) is 1.26. The Bertz CT molecular complexity index is 917. The van der Waals surface area contributed by atoms with Crippen molar-refractivity contribution in [3.8, 4) is 5.69 Å². The third kappa shape index (κ3) is 2.65. The van der Waals surface area contributed by atoms with Gasteiger partial charge in [-0.2, -0.15) is 5.10 Å². The quantitative estimate of drug-likeness (QED) is 0.547. The van der Waals surface area contributed by atoms with Crippen LogP contribution in [-0.2, 0) is 9.53 Å². The number of esters is 1. The summed E-state index contributed by atoms with van der Waals surface area (Å²) >= 11 is 0. The van der Waals surface area contributed by atoms with Gasteiger partial charge in [0.2, 0.25) is 0 Å². The molecule has 0 saturated heterocycles. The Balaban J connectivity index is 2.17. The van der Waals surface area contributed by atoms with Crippen LogP contribution in [0.5, 0.6) is 0 Å². The summed E-state index contributed by atoms with van der Waals surface area (Å²) < 4.78 is 6.59. The van der Waals surface area contributed by atoms with Crippen LogP contribution in [0.25, 0.3) is 22.3 Å². The maximum Gasteiger partial charge on any atom is 0.343 e. The van der Waals surface area contributed by atoms with Gasteiger partial charge in [-0.1, -0.05) is 18.2 Å². The van der Waals surface area contributed by atoms with E-state index in [0.717, 1.165) is 11.9 Å². The second kappa shape index (κ2) is 6.37. The van der Waals surface area contributed by atoms with Gasteiger partial charge >= 0.3 is 5.97 Å². The van der Waals surface area contributed by atoms with Crippen LogP contribution in [0.15, 0.2) is 42.7 Å². The molecule has 24 heavy (non-hydrogen) atoms. The lowest BCUT2D eigenvalue weighted by molar-refractivity contribution is -0.136. The lowest BCUT2D eigenvalue weighted by Gasteiger charge is -2.08. The van der Waals surface area contributed by atoms with Crippen molar-refractivity contribution in [2.75, 3.05) is 12.3 Å². The van der Waals surface area contributed by atoms with E-state index in [1.165, 1.54) is 0 Å². The number of fused-ring (bicyclic) bond motifs is 1. The molecule has 0 aliphatic rings. The third-order valence-electron chi connectivity index (χ3n) is 3.36.